The van der Waals surface area contributed by atoms with Crippen LogP contribution in [0.2, 0.25) is 0 Å². The van der Waals surface area contributed by atoms with Crippen LogP contribution in [0.4, 0.5) is 0 Å². The number of carbonyl (C=O) groups is 2. The zero-order valence-corrected chi connectivity index (χ0v) is 17.6. The van der Waals surface area contributed by atoms with Gasteiger partial charge in [-0.2, -0.15) is 0 Å². The molecule has 2 aliphatic rings. The number of unbranched alkanes of at least 4 members (excludes halogenated alkanes) is 1. The minimum absolute atomic E-state index is 0.0183. The number of carbonyl (C=O) groups excluding carboxylic acids is 2. The van der Waals surface area contributed by atoms with Crippen LogP contribution in [-0.2, 0) is 4.79 Å². The van der Waals surface area contributed by atoms with Gasteiger partial charge in [0.25, 0.3) is 5.91 Å². The molecule has 2 aliphatic heterocycles. The van der Waals surface area contributed by atoms with Crippen LogP contribution in [-0.4, -0.2) is 41.2 Å². The molecule has 0 aliphatic carbocycles. The minimum Gasteiger partial charge on any atom is -0.342 e. The number of fused-ring (bicyclic) bond motifs is 1. The average Bonchev–Trinajstić information content (AvgIpc) is 3.35. The molecule has 4 heteroatoms. The highest BCUT2D eigenvalue weighted by Gasteiger charge is 2.49. The van der Waals surface area contributed by atoms with Gasteiger partial charge in [0.1, 0.15) is 0 Å². The quantitative estimate of drug-likeness (QED) is 0.519. The Bertz CT molecular complexity index is 894. The van der Waals surface area contributed by atoms with Gasteiger partial charge in [-0.3, -0.25) is 9.59 Å². The van der Waals surface area contributed by atoms with Crippen LogP contribution >= 0.6 is 0 Å². The molecule has 156 valence electrons. The van der Waals surface area contributed by atoms with Crippen molar-refractivity contribution in [1.82, 2.24) is 9.80 Å². The Morgan fingerprint density at radius 2 is 1.67 bits per heavy atom. The second kappa shape index (κ2) is 9.29. The first-order chi connectivity index (χ1) is 14.7. The van der Waals surface area contributed by atoms with Crippen molar-refractivity contribution in [3.8, 4) is 0 Å². The molecular formula is C26H30N2O2. The zero-order valence-electron chi connectivity index (χ0n) is 17.6. The lowest BCUT2D eigenvalue weighted by Gasteiger charge is -2.30. The number of amides is 2. The molecule has 4 rings (SSSR count). The van der Waals surface area contributed by atoms with E-state index >= 15 is 0 Å². The highest BCUT2D eigenvalue weighted by Crippen LogP contribution is 2.45. The normalized spacial score (nSPS) is 23.2. The molecule has 0 aromatic heterocycles. The molecule has 2 saturated heterocycles. The number of hydrogen-bond donors (Lipinski definition) is 0. The highest BCUT2D eigenvalue weighted by atomic mass is 16.2. The Kier molecular flexibility index (Phi) is 6.32. The van der Waals surface area contributed by atoms with Gasteiger partial charge in [0.2, 0.25) is 5.91 Å². The van der Waals surface area contributed by atoms with E-state index in [2.05, 4.69) is 18.2 Å². The molecule has 0 N–H and O–H groups in total. The van der Waals surface area contributed by atoms with Crippen molar-refractivity contribution in [2.45, 2.75) is 32.2 Å². The fourth-order valence-corrected chi connectivity index (χ4v) is 4.98. The molecule has 4 nitrogen and oxygen atoms in total. The summed E-state index contributed by atoms with van der Waals surface area (Å²) in [6.45, 7) is 4.22. The van der Waals surface area contributed by atoms with Gasteiger partial charge in [0.05, 0.1) is 6.04 Å². The zero-order chi connectivity index (χ0) is 20.9. The summed E-state index contributed by atoms with van der Waals surface area (Å²) < 4.78 is 0. The molecule has 2 heterocycles. The molecule has 2 amide bonds. The first kappa shape index (κ1) is 20.4. The van der Waals surface area contributed by atoms with Gasteiger partial charge in [-0.15, -0.1) is 0 Å². The Hall–Kier alpha value is -2.88. The van der Waals surface area contributed by atoms with Crippen molar-refractivity contribution in [1.29, 1.82) is 0 Å². The fraction of sp³-hybridized carbons (Fsp3) is 0.385. The van der Waals surface area contributed by atoms with Gasteiger partial charge in [0, 0.05) is 43.5 Å². The largest absolute Gasteiger partial charge is 0.342 e. The third-order valence-corrected chi connectivity index (χ3v) is 6.44. The van der Waals surface area contributed by atoms with E-state index in [1.807, 2.05) is 71.3 Å². The lowest BCUT2D eigenvalue weighted by atomic mass is 9.89. The van der Waals surface area contributed by atoms with Crippen molar-refractivity contribution in [3.63, 3.8) is 0 Å². The molecule has 0 bridgehead atoms. The number of rotatable bonds is 6. The highest BCUT2D eigenvalue weighted by molar-refractivity contribution is 5.94. The van der Waals surface area contributed by atoms with Crippen LogP contribution in [0.5, 0.6) is 0 Å². The second-order valence-electron chi connectivity index (χ2n) is 8.36. The molecule has 0 saturated carbocycles. The Morgan fingerprint density at radius 1 is 0.967 bits per heavy atom. The van der Waals surface area contributed by atoms with Gasteiger partial charge in [-0.05, 0) is 37.5 Å². The number of allylic oxidation sites excluding steroid dienone is 2. The van der Waals surface area contributed by atoms with Gasteiger partial charge >= 0.3 is 0 Å². The molecule has 0 spiro atoms. The van der Waals surface area contributed by atoms with E-state index in [1.165, 1.54) is 0 Å². The second-order valence-corrected chi connectivity index (χ2v) is 8.36. The van der Waals surface area contributed by atoms with Crippen molar-refractivity contribution in [3.05, 3.63) is 83.9 Å². The molecule has 2 aromatic carbocycles. The third-order valence-electron chi connectivity index (χ3n) is 6.44. The van der Waals surface area contributed by atoms with Crippen LogP contribution in [0.3, 0.4) is 0 Å². The van der Waals surface area contributed by atoms with E-state index in [4.69, 9.17) is 0 Å². The lowest BCUT2D eigenvalue weighted by Crippen LogP contribution is -2.37. The van der Waals surface area contributed by atoms with E-state index in [1.54, 1.807) is 0 Å². The molecule has 0 radical (unpaired) electrons. The van der Waals surface area contributed by atoms with Crippen LogP contribution in [0.25, 0.3) is 0 Å². The summed E-state index contributed by atoms with van der Waals surface area (Å²) in [5, 5.41) is 0. The number of benzene rings is 2. The van der Waals surface area contributed by atoms with E-state index < -0.39 is 0 Å². The van der Waals surface area contributed by atoms with E-state index in [0.29, 0.717) is 24.8 Å². The summed E-state index contributed by atoms with van der Waals surface area (Å²) in [6, 6.07) is 19.9. The number of likely N-dealkylation sites (tertiary alicyclic amines) is 2. The first-order valence-corrected chi connectivity index (χ1v) is 11.0. The number of hydrogen-bond acceptors (Lipinski definition) is 2. The molecule has 2 aromatic rings. The Morgan fingerprint density at radius 3 is 2.37 bits per heavy atom. The standard InChI is InChI=1S/C26H30N2O2/c1-2-3-4-11-16-24(29)27-17-22-18-28(26(30)21-14-9-6-10-15-21)25(23(22)19-27)20-12-7-5-8-13-20/h2-3,5-10,12-15,22-23,25H,4,11,16-19H2,1H3/b3-2+/t22-,23-,25+/m0/s1. The van der Waals surface area contributed by atoms with Gasteiger partial charge in [0.15, 0.2) is 0 Å². The van der Waals surface area contributed by atoms with E-state index in [-0.39, 0.29) is 17.9 Å². The van der Waals surface area contributed by atoms with Gasteiger partial charge in [-0.1, -0.05) is 60.7 Å². The SMILES string of the molecule is C/C=C/CCCC(=O)N1C[C@H]2CN(C(=O)c3ccccc3)[C@H](c3ccccc3)[C@H]2C1. The van der Waals surface area contributed by atoms with Crippen LogP contribution in [0.15, 0.2) is 72.8 Å². The van der Waals surface area contributed by atoms with Crippen LogP contribution in [0.1, 0.15) is 48.1 Å². The maximum atomic E-state index is 13.3. The van der Waals surface area contributed by atoms with E-state index in [0.717, 1.165) is 37.1 Å². The van der Waals surface area contributed by atoms with Crippen LogP contribution in [0, 0.1) is 11.8 Å². The summed E-state index contributed by atoms with van der Waals surface area (Å²) in [5.41, 5.74) is 1.90. The van der Waals surface area contributed by atoms with E-state index in [9.17, 15) is 9.59 Å². The summed E-state index contributed by atoms with van der Waals surface area (Å²) in [4.78, 5) is 30.1. The third kappa shape index (κ3) is 4.18. The predicted molar refractivity (Wildman–Crippen MR) is 119 cm³/mol. The summed E-state index contributed by atoms with van der Waals surface area (Å²) in [6.07, 6.45) is 6.61. The summed E-state index contributed by atoms with van der Waals surface area (Å²) in [7, 11) is 0. The smallest absolute Gasteiger partial charge is 0.254 e. The van der Waals surface area contributed by atoms with Gasteiger partial charge in [-0.25, -0.2) is 0 Å². The molecule has 30 heavy (non-hydrogen) atoms. The minimum atomic E-state index is 0.0183. The fourth-order valence-electron chi connectivity index (χ4n) is 4.98. The maximum Gasteiger partial charge on any atom is 0.254 e. The topological polar surface area (TPSA) is 40.6 Å². The van der Waals surface area contributed by atoms with Crippen molar-refractivity contribution < 1.29 is 9.59 Å². The lowest BCUT2D eigenvalue weighted by molar-refractivity contribution is -0.130. The van der Waals surface area contributed by atoms with Crippen LogP contribution < -0.4 is 0 Å². The Balaban J connectivity index is 1.52. The molecule has 0 unspecified atom stereocenters. The molecular weight excluding hydrogens is 372 g/mol. The Labute approximate surface area is 179 Å². The molecule has 3 atom stereocenters. The monoisotopic (exact) mass is 402 g/mol. The maximum absolute atomic E-state index is 13.3. The average molecular weight is 403 g/mol. The van der Waals surface area contributed by atoms with Crippen molar-refractivity contribution >= 4 is 11.8 Å². The van der Waals surface area contributed by atoms with Gasteiger partial charge < -0.3 is 9.80 Å². The number of nitrogens with zero attached hydrogens (tertiary/aromatic N) is 2. The molecule has 2 fully saturated rings. The van der Waals surface area contributed by atoms with Crippen molar-refractivity contribution in [2.24, 2.45) is 11.8 Å². The first-order valence-electron chi connectivity index (χ1n) is 11.0. The summed E-state index contributed by atoms with van der Waals surface area (Å²) >= 11 is 0. The van der Waals surface area contributed by atoms with Crippen molar-refractivity contribution in [2.75, 3.05) is 19.6 Å². The summed E-state index contributed by atoms with van der Waals surface area (Å²) in [5.74, 6) is 0.964. The predicted octanol–water partition coefficient (Wildman–Crippen LogP) is 4.70.